The summed E-state index contributed by atoms with van der Waals surface area (Å²) in [4.78, 5) is 2.05. The van der Waals surface area contributed by atoms with Crippen LogP contribution in [0.2, 0.25) is 5.02 Å². The summed E-state index contributed by atoms with van der Waals surface area (Å²) < 4.78 is 40.0. The van der Waals surface area contributed by atoms with E-state index < -0.39 is 15.8 Å². The molecule has 1 aliphatic rings. The van der Waals surface area contributed by atoms with E-state index in [1.807, 2.05) is 0 Å². The molecule has 0 bridgehead atoms. The molecule has 0 saturated carbocycles. The van der Waals surface area contributed by atoms with Gasteiger partial charge in [0, 0.05) is 31.5 Å². The molecule has 1 aromatic rings. The van der Waals surface area contributed by atoms with Crippen molar-refractivity contribution in [2.24, 2.45) is 0 Å². The normalized spacial score (nSPS) is 18.6. The van der Waals surface area contributed by atoms with Crippen molar-refractivity contribution in [1.29, 1.82) is 0 Å². The Hall–Kier alpha value is -0.210. The molecule has 118 valence electrons. The van der Waals surface area contributed by atoms with Crippen LogP contribution in [-0.4, -0.2) is 55.7 Å². The van der Waals surface area contributed by atoms with E-state index in [4.69, 9.17) is 11.6 Å². The standard InChI is InChI=1S/C13H17BrClFN2O2S/c14-4-7-17-5-1-6-18(9-8-17)21(19,20)13-10-11(16)2-3-12(13)15/h2-3,10H,1,4-9H2. The first-order chi connectivity index (χ1) is 9.95. The third-order valence-electron chi connectivity index (χ3n) is 3.46. The van der Waals surface area contributed by atoms with Gasteiger partial charge in [-0.1, -0.05) is 27.5 Å². The van der Waals surface area contributed by atoms with Gasteiger partial charge >= 0.3 is 0 Å². The monoisotopic (exact) mass is 398 g/mol. The average molecular weight is 400 g/mol. The third kappa shape index (κ3) is 4.16. The Morgan fingerprint density at radius 3 is 2.71 bits per heavy atom. The van der Waals surface area contributed by atoms with Crippen LogP contribution in [0.3, 0.4) is 0 Å². The second kappa shape index (κ2) is 7.37. The molecule has 1 aliphatic heterocycles. The molecule has 4 nitrogen and oxygen atoms in total. The maximum atomic E-state index is 13.3. The summed E-state index contributed by atoms with van der Waals surface area (Å²) in [6.45, 7) is 3.22. The zero-order chi connectivity index (χ0) is 15.5. The molecule has 0 radical (unpaired) electrons. The van der Waals surface area contributed by atoms with E-state index in [1.54, 1.807) is 0 Å². The summed E-state index contributed by atoms with van der Waals surface area (Å²) >= 11 is 9.32. The quantitative estimate of drug-likeness (QED) is 0.731. The van der Waals surface area contributed by atoms with Gasteiger partial charge in [0.15, 0.2) is 0 Å². The van der Waals surface area contributed by atoms with E-state index in [2.05, 4.69) is 20.8 Å². The van der Waals surface area contributed by atoms with Crippen LogP contribution in [-0.2, 0) is 10.0 Å². The molecule has 1 saturated heterocycles. The van der Waals surface area contributed by atoms with Gasteiger partial charge in [-0.05, 0) is 31.2 Å². The first-order valence-electron chi connectivity index (χ1n) is 6.68. The van der Waals surface area contributed by atoms with Crippen LogP contribution < -0.4 is 0 Å². The fourth-order valence-corrected chi connectivity index (χ4v) is 4.80. The van der Waals surface area contributed by atoms with Crippen molar-refractivity contribution < 1.29 is 12.8 Å². The predicted octanol–water partition coefficient (Wildman–Crippen LogP) is 2.57. The van der Waals surface area contributed by atoms with Gasteiger partial charge in [-0.3, -0.25) is 0 Å². The van der Waals surface area contributed by atoms with Gasteiger partial charge in [-0.25, -0.2) is 12.8 Å². The second-order valence-corrected chi connectivity index (χ2v) is 7.97. The lowest BCUT2D eigenvalue weighted by Gasteiger charge is -2.21. The minimum Gasteiger partial charge on any atom is -0.301 e. The molecule has 0 atom stereocenters. The van der Waals surface area contributed by atoms with Gasteiger partial charge in [-0.15, -0.1) is 0 Å². The summed E-state index contributed by atoms with van der Waals surface area (Å²) in [5.41, 5.74) is 0. The zero-order valence-electron chi connectivity index (χ0n) is 11.4. The first-order valence-corrected chi connectivity index (χ1v) is 9.62. The second-order valence-electron chi connectivity index (χ2n) is 4.86. The third-order valence-corrected chi connectivity index (χ3v) is 6.19. The molecule has 21 heavy (non-hydrogen) atoms. The van der Waals surface area contributed by atoms with Crippen LogP contribution in [0.5, 0.6) is 0 Å². The van der Waals surface area contributed by atoms with E-state index in [1.165, 1.54) is 10.4 Å². The summed E-state index contributed by atoms with van der Waals surface area (Å²) in [7, 11) is -3.75. The summed E-state index contributed by atoms with van der Waals surface area (Å²) in [6.07, 6.45) is 0.749. The number of hydrogen-bond donors (Lipinski definition) is 0. The predicted molar refractivity (Wildman–Crippen MR) is 85.0 cm³/mol. The van der Waals surface area contributed by atoms with E-state index in [0.717, 1.165) is 37.0 Å². The van der Waals surface area contributed by atoms with Gasteiger partial charge < -0.3 is 4.90 Å². The van der Waals surface area contributed by atoms with E-state index in [0.29, 0.717) is 19.6 Å². The highest BCUT2D eigenvalue weighted by atomic mass is 79.9. The summed E-state index contributed by atoms with van der Waals surface area (Å²) in [5, 5.41) is 0.910. The fraction of sp³-hybridized carbons (Fsp3) is 0.538. The zero-order valence-corrected chi connectivity index (χ0v) is 14.6. The lowest BCUT2D eigenvalue weighted by molar-refractivity contribution is 0.305. The largest absolute Gasteiger partial charge is 0.301 e. The molecule has 0 spiro atoms. The van der Waals surface area contributed by atoms with Crippen LogP contribution in [0.25, 0.3) is 0 Å². The Morgan fingerprint density at radius 2 is 2.00 bits per heavy atom. The SMILES string of the molecule is O=S(=O)(c1cc(F)ccc1Cl)N1CCCN(CCBr)CC1. The smallest absolute Gasteiger partial charge is 0.244 e. The lowest BCUT2D eigenvalue weighted by Crippen LogP contribution is -2.35. The molecule has 0 N–H and O–H groups in total. The number of alkyl halides is 1. The average Bonchev–Trinajstić information content (AvgIpc) is 2.68. The van der Waals surface area contributed by atoms with Gasteiger partial charge in [0.2, 0.25) is 10.0 Å². The molecule has 8 heteroatoms. The van der Waals surface area contributed by atoms with Gasteiger partial charge in [-0.2, -0.15) is 4.31 Å². The van der Waals surface area contributed by atoms with Crippen molar-refractivity contribution in [3.8, 4) is 0 Å². The molecule has 0 amide bonds. The minimum atomic E-state index is -3.75. The van der Waals surface area contributed by atoms with Crippen molar-refractivity contribution >= 4 is 37.6 Å². The molecule has 1 fully saturated rings. The van der Waals surface area contributed by atoms with Gasteiger partial charge in [0.1, 0.15) is 10.7 Å². The lowest BCUT2D eigenvalue weighted by atomic mass is 10.3. The molecule has 1 heterocycles. The number of hydrogen-bond acceptors (Lipinski definition) is 3. The fourth-order valence-electron chi connectivity index (χ4n) is 2.34. The van der Waals surface area contributed by atoms with Crippen molar-refractivity contribution in [2.45, 2.75) is 11.3 Å². The molecular formula is C13H17BrClFN2O2S. The van der Waals surface area contributed by atoms with E-state index in [9.17, 15) is 12.8 Å². The highest BCUT2D eigenvalue weighted by Gasteiger charge is 2.28. The van der Waals surface area contributed by atoms with Crippen molar-refractivity contribution in [1.82, 2.24) is 9.21 Å². The minimum absolute atomic E-state index is 0.0537. The molecule has 1 aromatic carbocycles. The van der Waals surface area contributed by atoms with Crippen molar-refractivity contribution in [3.05, 3.63) is 29.0 Å². The molecule has 0 aromatic heterocycles. The van der Waals surface area contributed by atoms with Crippen molar-refractivity contribution in [2.75, 3.05) is 38.1 Å². The Morgan fingerprint density at radius 1 is 1.24 bits per heavy atom. The number of sulfonamides is 1. The van der Waals surface area contributed by atoms with Gasteiger partial charge in [0.25, 0.3) is 0 Å². The van der Waals surface area contributed by atoms with E-state index in [-0.39, 0.29) is 9.92 Å². The number of halogens is 3. The molecular weight excluding hydrogens is 383 g/mol. The number of benzene rings is 1. The molecule has 2 rings (SSSR count). The topological polar surface area (TPSA) is 40.6 Å². The van der Waals surface area contributed by atoms with Crippen molar-refractivity contribution in [3.63, 3.8) is 0 Å². The Bertz CT molecular complexity index is 600. The maximum absolute atomic E-state index is 13.3. The van der Waals surface area contributed by atoms with Crippen LogP contribution in [0.1, 0.15) is 6.42 Å². The first kappa shape index (κ1) is 17.1. The maximum Gasteiger partial charge on any atom is 0.244 e. The molecule has 0 aliphatic carbocycles. The van der Waals surface area contributed by atoms with Crippen LogP contribution in [0.4, 0.5) is 4.39 Å². The summed E-state index contributed by atoms with van der Waals surface area (Å²) in [6, 6.07) is 3.42. The Labute approximate surface area is 138 Å². The molecule has 0 unspecified atom stereocenters. The van der Waals surface area contributed by atoms with Gasteiger partial charge in [0.05, 0.1) is 5.02 Å². The Kier molecular flexibility index (Phi) is 6.02. The highest BCUT2D eigenvalue weighted by Crippen LogP contribution is 2.26. The highest BCUT2D eigenvalue weighted by molar-refractivity contribution is 9.09. The number of rotatable bonds is 4. The van der Waals surface area contributed by atoms with Crippen LogP contribution in [0, 0.1) is 5.82 Å². The number of nitrogens with zero attached hydrogens (tertiary/aromatic N) is 2. The Balaban J connectivity index is 2.21. The summed E-state index contributed by atoms with van der Waals surface area (Å²) in [5.74, 6) is -0.603. The van der Waals surface area contributed by atoms with Crippen LogP contribution >= 0.6 is 27.5 Å². The van der Waals surface area contributed by atoms with E-state index >= 15 is 0 Å². The van der Waals surface area contributed by atoms with Crippen LogP contribution in [0.15, 0.2) is 23.1 Å².